The van der Waals surface area contributed by atoms with Crippen molar-refractivity contribution in [2.24, 2.45) is 0 Å². The van der Waals surface area contributed by atoms with Crippen LogP contribution in [0.3, 0.4) is 0 Å². The smallest absolute Gasteiger partial charge is 0.251 e. The first kappa shape index (κ1) is 17.2. The summed E-state index contributed by atoms with van der Waals surface area (Å²) in [5.41, 5.74) is 3.72. The van der Waals surface area contributed by atoms with Crippen molar-refractivity contribution in [2.75, 3.05) is 13.7 Å². The van der Waals surface area contributed by atoms with E-state index in [-0.39, 0.29) is 5.91 Å². The van der Waals surface area contributed by atoms with E-state index in [1.807, 2.05) is 60.8 Å². The van der Waals surface area contributed by atoms with Gasteiger partial charge in [0.05, 0.1) is 12.8 Å². The Kier molecular flexibility index (Phi) is 5.46. The molecular weight excluding hydrogens is 332 g/mol. The van der Waals surface area contributed by atoms with Gasteiger partial charge in [-0.2, -0.15) is 0 Å². The fourth-order valence-electron chi connectivity index (χ4n) is 2.54. The molecule has 0 bridgehead atoms. The second-order valence-electron chi connectivity index (χ2n) is 5.70. The predicted molar refractivity (Wildman–Crippen MR) is 101 cm³/mol. The standard InChI is InChI=1S/C20H20N2O2S/c1-14-6-3-4-9-18(14)19(23)21-11-10-16-13-25-20(22-16)15-7-5-8-17(12-15)24-2/h3-9,12-13H,10-11H2,1-2H3,(H,21,23). The monoisotopic (exact) mass is 352 g/mol. The normalized spacial score (nSPS) is 10.5. The third-order valence-electron chi connectivity index (χ3n) is 3.92. The van der Waals surface area contributed by atoms with Crippen molar-refractivity contribution in [1.82, 2.24) is 10.3 Å². The highest BCUT2D eigenvalue weighted by atomic mass is 32.1. The van der Waals surface area contributed by atoms with Crippen LogP contribution in [0.25, 0.3) is 10.6 Å². The molecule has 1 aromatic heterocycles. The van der Waals surface area contributed by atoms with E-state index in [4.69, 9.17) is 4.74 Å². The number of carbonyl (C=O) groups is 1. The van der Waals surface area contributed by atoms with Gasteiger partial charge in [0.2, 0.25) is 0 Å². The van der Waals surface area contributed by atoms with Gasteiger partial charge >= 0.3 is 0 Å². The number of rotatable bonds is 6. The number of nitrogens with one attached hydrogen (secondary N) is 1. The number of ether oxygens (including phenoxy) is 1. The molecule has 4 nitrogen and oxygen atoms in total. The summed E-state index contributed by atoms with van der Waals surface area (Å²) in [4.78, 5) is 16.9. The van der Waals surface area contributed by atoms with Crippen LogP contribution < -0.4 is 10.1 Å². The summed E-state index contributed by atoms with van der Waals surface area (Å²) in [6.45, 7) is 2.50. The van der Waals surface area contributed by atoms with Crippen LogP contribution in [-0.2, 0) is 6.42 Å². The zero-order valence-electron chi connectivity index (χ0n) is 14.3. The quantitative estimate of drug-likeness (QED) is 0.727. The van der Waals surface area contributed by atoms with Gasteiger partial charge in [0.25, 0.3) is 5.91 Å². The summed E-state index contributed by atoms with van der Waals surface area (Å²) in [5, 5.41) is 5.96. The maximum Gasteiger partial charge on any atom is 0.251 e. The molecule has 2 aromatic carbocycles. The second-order valence-corrected chi connectivity index (χ2v) is 6.55. The highest BCUT2D eigenvalue weighted by Gasteiger charge is 2.09. The summed E-state index contributed by atoms with van der Waals surface area (Å²) in [6.07, 6.45) is 0.706. The maximum atomic E-state index is 12.2. The fourth-order valence-corrected chi connectivity index (χ4v) is 3.39. The number of nitrogens with zero attached hydrogens (tertiary/aromatic N) is 1. The lowest BCUT2D eigenvalue weighted by molar-refractivity contribution is 0.0953. The number of aromatic nitrogens is 1. The Morgan fingerprint density at radius 1 is 1.20 bits per heavy atom. The van der Waals surface area contributed by atoms with Gasteiger partial charge in [-0.25, -0.2) is 4.98 Å². The molecule has 0 spiro atoms. The molecule has 1 N–H and O–H groups in total. The molecule has 0 fully saturated rings. The summed E-state index contributed by atoms with van der Waals surface area (Å²) in [5.74, 6) is 0.779. The van der Waals surface area contributed by atoms with Crippen molar-refractivity contribution in [3.8, 4) is 16.3 Å². The summed E-state index contributed by atoms with van der Waals surface area (Å²) in [7, 11) is 1.66. The van der Waals surface area contributed by atoms with Crippen LogP contribution in [-0.4, -0.2) is 24.5 Å². The SMILES string of the molecule is COc1cccc(-c2nc(CCNC(=O)c3ccccc3C)cs2)c1. The second kappa shape index (κ2) is 7.94. The van der Waals surface area contributed by atoms with Crippen LogP contribution >= 0.6 is 11.3 Å². The largest absolute Gasteiger partial charge is 0.497 e. The van der Waals surface area contributed by atoms with Gasteiger partial charge in [-0.3, -0.25) is 4.79 Å². The number of aryl methyl sites for hydroxylation is 1. The van der Waals surface area contributed by atoms with Gasteiger partial charge in [-0.05, 0) is 30.7 Å². The minimum absolute atomic E-state index is 0.0404. The van der Waals surface area contributed by atoms with Crippen molar-refractivity contribution in [3.05, 3.63) is 70.7 Å². The molecule has 0 aliphatic rings. The predicted octanol–water partition coefficient (Wildman–Crippen LogP) is 4.10. The van der Waals surface area contributed by atoms with Gasteiger partial charge in [0.15, 0.2) is 0 Å². The van der Waals surface area contributed by atoms with E-state index in [1.54, 1.807) is 18.4 Å². The van der Waals surface area contributed by atoms with Crippen LogP contribution in [0.15, 0.2) is 53.9 Å². The molecule has 3 rings (SSSR count). The van der Waals surface area contributed by atoms with Crippen LogP contribution in [0.1, 0.15) is 21.6 Å². The Labute approximate surface area is 151 Å². The topological polar surface area (TPSA) is 51.2 Å². The molecule has 25 heavy (non-hydrogen) atoms. The molecule has 0 aliphatic heterocycles. The van der Waals surface area contributed by atoms with Crippen molar-refractivity contribution in [3.63, 3.8) is 0 Å². The number of hydrogen-bond acceptors (Lipinski definition) is 4. The molecular formula is C20H20N2O2S. The van der Waals surface area contributed by atoms with Crippen molar-refractivity contribution < 1.29 is 9.53 Å². The Morgan fingerprint density at radius 3 is 2.84 bits per heavy atom. The highest BCUT2D eigenvalue weighted by Crippen LogP contribution is 2.26. The zero-order chi connectivity index (χ0) is 17.6. The minimum atomic E-state index is -0.0404. The molecule has 0 saturated heterocycles. The lowest BCUT2D eigenvalue weighted by Gasteiger charge is -2.06. The Balaban J connectivity index is 1.59. The first-order valence-corrected chi connectivity index (χ1v) is 8.98. The minimum Gasteiger partial charge on any atom is -0.497 e. The van der Waals surface area contributed by atoms with E-state index in [0.29, 0.717) is 13.0 Å². The molecule has 0 saturated carbocycles. The maximum absolute atomic E-state index is 12.2. The molecule has 5 heteroatoms. The van der Waals surface area contributed by atoms with E-state index in [2.05, 4.69) is 10.3 Å². The van der Waals surface area contributed by atoms with Crippen LogP contribution in [0.2, 0.25) is 0 Å². The Morgan fingerprint density at radius 2 is 2.04 bits per heavy atom. The molecule has 1 heterocycles. The first-order valence-electron chi connectivity index (χ1n) is 8.10. The number of methoxy groups -OCH3 is 1. The molecule has 1 amide bonds. The zero-order valence-corrected chi connectivity index (χ0v) is 15.1. The average Bonchev–Trinajstić information content (AvgIpc) is 3.11. The Bertz CT molecular complexity index is 873. The van der Waals surface area contributed by atoms with Gasteiger partial charge in [0.1, 0.15) is 10.8 Å². The van der Waals surface area contributed by atoms with Gasteiger partial charge < -0.3 is 10.1 Å². The molecule has 0 aliphatic carbocycles. The van der Waals surface area contributed by atoms with E-state index >= 15 is 0 Å². The number of thiazole rings is 1. The summed E-state index contributed by atoms with van der Waals surface area (Å²) >= 11 is 1.60. The van der Waals surface area contributed by atoms with E-state index < -0.39 is 0 Å². The first-order chi connectivity index (χ1) is 12.2. The molecule has 0 unspecified atom stereocenters. The molecule has 3 aromatic rings. The van der Waals surface area contributed by atoms with Gasteiger partial charge in [-0.15, -0.1) is 11.3 Å². The Hall–Kier alpha value is -2.66. The van der Waals surface area contributed by atoms with Crippen LogP contribution in [0, 0.1) is 6.92 Å². The van der Waals surface area contributed by atoms with Crippen molar-refractivity contribution in [1.29, 1.82) is 0 Å². The van der Waals surface area contributed by atoms with Crippen molar-refractivity contribution in [2.45, 2.75) is 13.3 Å². The summed E-state index contributed by atoms with van der Waals surface area (Å²) in [6, 6.07) is 15.5. The summed E-state index contributed by atoms with van der Waals surface area (Å²) < 4.78 is 5.26. The van der Waals surface area contributed by atoms with Crippen LogP contribution in [0.5, 0.6) is 5.75 Å². The van der Waals surface area contributed by atoms with E-state index in [1.165, 1.54) is 0 Å². The molecule has 0 radical (unpaired) electrons. The number of benzene rings is 2. The molecule has 128 valence electrons. The molecule has 0 atom stereocenters. The number of hydrogen-bond donors (Lipinski definition) is 1. The fraction of sp³-hybridized carbons (Fsp3) is 0.200. The lowest BCUT2D eigenvalue weighted by Crippen LogP contribution is -2.26. The van der Waals surface area contributed by atoms with E-state index in [0.717, 1.165) is 33.1 Å². The van der Waals surface area contributed by atoms with Crippen LogP contribution in [0.4, 0.5) is 0 Å². The van der Waals surface area contributed by atoms with Gasteiger partial charge in [0, 0.05) is 29.5 Å². The van der Waals surface area contributed by atoms with Crippen molar-refractivity contribution >= 4 is 17.2 Å². The average molecular weight is 352 g/mol. The number of amides is 1. The highest BCUT2D eigenvalue weighted by molar-refractivity contribution is 7.13. The van der Waals surface area contributed by atoms with E-state index in [9.17, 15) is 4.79 Å². The third-order valence-corrected chi connectivity index (χ3v) is 4.87. The number of carbonyl (C=O) groups excluding carboxylic acids is 1. The van der Waals surface area contributed by atoms with Gasteiger partial charge in [-0.1, -0.05) is 30.3 Å². The lowest BCUT2D eigenvalue weighted by atomic mass is 10.1. The third kappa shape index (κ3) is 4.25.